The van der Waals surface area contributed by atoms with Crippen LogP contribution in [0.2, 0.25) is 0 Å². The van der Waals surface area contributed by atoms with Gasteiger partial charge in [-0.25, -0.2) is 4.98 Å². The average Bonchev–Trinajstić information content (AvgIpc) is 2.48. The van der Waals surface area contributed by atoms with Gasteiger partial charge in [0.2, 0.25) is 0 Å². The summed E-state index contributed by atoms with van der Waals surface area (Å²) in [6.45, 7) is 5.41. The van der Waals surface area contributed by atoms with Gasteiger partial charge in [-0.2, -0.15) is 0 Å². The van der Waals surface area contributed by atoms with Crippen LogP contribution in [-0.2, 0) is 13.0 Å². The van der Waals surface area contributed by atoms with Crippen LogP contribution < -0.4 is 15.8 Å². The van der Waals surface area contributed by atoms with Crippen molar-refractivity contribution in [2.75, 3.05) is 11.9 Å². The molecule has 1 heterocycles. The van der Waals surface area contributed by atoms with Gasteiger partial charge in [-0.05, 0) is 50.1 Å². The average molecular weight is 285 g/mol. The Kier molecular flexibility index (Phi) is 5.58. The van der Waals surface area contributed by atoms with E-state index in [2.05, 4.69) is 34.6 Å². The lowest BCUT2D eigenvalue weighted by Gasteiger charge is -2.14. The zero-order valence-corrected chi connectivity index (χ0v) is 12.7. The summed E-state index contributed by atoms with van der Waals surface area (Å²) in [6.07, 6.45) is 2.81. The second kappa shape index (κ2) is 7.64. The van der Waals surface area contributed by atoms with E-state index in [0.29, 0.717) is 13.1 Å². The summed E-state index contributed by atoms with van der Waals surface area (Å²) in [5.41, 5.74) is 8.03. The fourth-order valence-electron chi connectivity index (χ4n) is 2.05. The maximum atomic E-state index is 5.75. The first-order valence-electron chi connectivity index (χ1n) is 7.32. The van der Waals surface area contributed by atoms with Gasteiger partial charge in [-0.1, -0.05) is 24.3 Å². The predicted molar refractivity (Wildman–Crippen MR) is 86.5 cm³/mol. The number of nitrogens with two attached hydrogens (primary N) is 1. The lowest BCUT2D eigenvalue weighted by atomic mass is 10.1. The first kappa shape index (κ1) is 15.3. The van der Waals surface area contributed by atoms with Crippen LogP contribution in [0.25, 0.3) is 0 Å². The smallest absolute Gasteiger partial charge is 0.169 e. The Labute approximate surface area is 126 Å². The summed E-state index contributed by atoms with van der Waals surface area (Å²) in [7, 11) is 0. The standard InChI is InChI=1S/C17H23N3O/c1-13(2)21-16-4-3-11-19-17(16)20-12-15-7-5-14(6-8-15)9-10-18/h3-8,11,13H,9-10,12,18H2,1-2H3,(H,19,20). The van der Waals surface area contributed by atoms with E-state index < -0.39 is 0 Å². The molecule has 2 aromatic rings. The summed E-state index contributed by atoms with van der Waals surface area (Å²) in [4.78, 5) is 4.34. The van der Waals surface area contributed by atoms with E-state index >= 15 is 0 Å². The van der Waals surface area contributed by atoms with Crippen molar-refractivity contribution in [1.82, 2.24) is 4.98 Å². The van der Waals surface area contributed by atoms with Crippen LogP contribution in [0.15, 0.2) is 42.6 Å². The number of rotatable bonds is 7. The SMILES string of the molecule is CC(C)Oc1cccnc1NCc1ccc(CCN)cc1. The zero-order chi connectivity index (χ0) is 15.1. The van der Waals surface area contributed by atoms with Crippen LogP contribution in [0, 0.1) is 0 Å². The molecule has 0 aliphatic carbocycles. The Morgan fingerprint density at radius 2 is 1.86 bits per heavy atom. The molecule has 0 spiro atoms. The molecular formula is C17H23N3O. The molecule has 2 rings (SSSR count). The number of benzene rings is 1. The van der Waals surface area contributed by atoms with E-state index in [0.717, 1.165) is 18.0 Å². The summed E-state index contributed by atoms with van der Waals surface area (Å²) in [6, 6.07) is 12.3. The van der Waals surface area contributed by atoms with Crippen LogP contribution in [0.1, 0.15) is 25.0 Å². The van der Waals surface area contributed by atoms with E-state index in [1.165, 1.54) is 11.1 Å². The molecule has 1 aromatic heterocycles. The maximum absolute atomic E-state index is 5.75. The highest BCUT2D eigenvalue weighted by molar-refractivity contribution is 5.49. The molecule has 4 heteroatoms. The molecule has 21 heavy (non-hydrogen) atoms. The minimum absolute atomic E-state index is 0.130. The minimum Gasteiger partial charge on any atom is -0.487 e. The summed E-state index contributed by atoms with van der Waals surface area (Å²) >= 11 is 0. The molecule has 0 atom stereocenters. The zero-order valence-electron chi connectivity index (χ0n) is 12.7. The van der Waals surface area contributed by atoms with Gasteiger partial charge in [0, 0.05) is 12.7 Å². The van der Waals surface area contributed by atoms with E-state index in [4.69, 9.17) is 10.5 Å². The van der Waals surface area contributed by atoms with Crippen molar-refractivity contribution < 1.29 is 4.74 Å². The molecule has 0 aliphatic rings. The summed E-state index contributed by atoms with van der Waals surface area (Å²) < 4.78 is 5.75. The van der Waals surface area contributed by atoms with E-state index in [1.807, 2.05) is 26.0 Å². The van der Waals surface area contributed by atoms with Gasteiger partial charge in [0.05, 0.1) is 6.10 Å². The van der Waals surface area contributed by atoms with Gasteiger partial charge >= 0.3 is 0 Å². The van der Waals surface area contributed by atoms with Crippen molar-refractivity contribution in [3.05, 3.63) is 53.7 Å². The highest BCUT2D eigenvalue weighted by Gasteiger charge is 2.06. The molecule has 0 aliphatic heterocycles. The minimum atomic E-state index is 0.130. The number of nitrogens with zero attached hydrogens (tertiary/aromatic N) is 1. The van der Waals surface area contributed by atoms with Crippen LogP contribution >= 0.6 is 0 Å². The third-order valence-corrected chi connectivity index (χ3v) is 3.05. The molecule has 112 valence electrons. The molecule has 0 radical (unpaired) electrons. The van der Waals surface area contributed by atoms with Crippen molar-refractivity contribution in [2.24, 2.45) is 5.73 Å². The Hall–Kier alpha value is -2.07. The third-order valence-electron chi connectivity index (χ3n) is 3.05. The van der Waals surface area contributed by atoms with Crippen LogP contribution in [-0.4, -0.2) is 17.6 Å². The van der Waals surface area contributed by atoms with Gasteiger partial charge in [0.15, 0.2) is 11.6 Å². The van der Waals surface area contributed by atoms with Gasteiger partial charge in [-0.15, -0.1) is 0 Å². The fourth-order valence-corrected chi connectivity index (χ4v) is 2.05. The third kappa shape index (κ3) is 4.76. The quantitative estimate of drug-likeness (QED) is 0.821. The number of aromatic nitrogens is 1. The number of ether oxygens (including phenoxy) is 1. The molecule has 4 nitrogen and oxygen atoms in total. The fraction of sp³-hybridized carbons (Fsp3) is 0.353. The normalized spacial score (nSPS) is 10.7. The molecule has 3 N–H and O–H groups in total. The number of hydrogen-bond acceptors (Lipinski definition) is 4. The molecule has 0 bridgehead atoms. The van der Waals surface area contributed by atoms with Crippen molar-refractivity contribution in [1.29, 1.82) is 0 Å². The number of hydrogen-bond donors (Lipinski definition) is 2. The van der Waals surface area contributed by atoms with Crippen molar-refractivity contribution in [2.45, 2.75) is 32.9 Å². The summed E-state index contributed by atoms with van der Waals surface area (Å²) in [5.74, 6) is 1.56. The molecule has 1 aromatic carbocycles. The highest BCUT2D eigenvalue weighted by Crippen LogP contribution is 2.22. The lowest BCUT2D eigenvalue weighted by molar-refractivity contribution is 0.243. The Balaban J connectivity index is 1.99. The second-order valence-corrected chi connectivity index (χ2v) is 5.23. The van der Waals surface area contributed by atoms with Crippen molar-refractivity contribution >= 4 is 5.82 Å². The van der Waals surface area contributed by atoms with Crippen molar-refractivity contribution in [3.8, 4) is 5.75 Å². The summed E-state index contributed by atoms with van der Waals surface area (Å²) in [5, 5.41) is 3.33. The van der Waals surface area contributed by atoms with Gasteiger partial charge in [0.1, 0.15) is 0 Å². The molecule has 0 unspecified atom stereocenters. The number of anilines is 1. The van der Waals surface area contributed by atoms with Crippen LogP contribution in [0.4, 0.5) is 5.82 Å². The lowest BCUT2D eigenvalue weighted by Crippen LogP contribution is -2.09. The molecular weight excluding hydrogens is 262 g/mol. The van der Waals surface area contributed by atoms with Crippen LogP contribution in [0.5, 0.6) is 5.75 Å². The van der Waals surface area contributed by atoms with Gasteiger partial charge < -0.3 is 15.8 Å². The van der Waals surface area contributed by atoms with Gasteiger partial charge in [-0.3, -0.25) is 0 Å². The highest BCUT2D eigenvalue weighted by atomic mass is 16.5. The van der Waals surface area contributed by atoms with E-state index in [1.54, 1.807) is 6.20 Å². The van der Waals surface area contributed by atoms with Crippen LogP contribution in [0.3, 0.4) is 0 Å². The predicted octanol–water partition coefficient (Wildman–Crippen LogP) is 2.98. The monoisotopic (exact) mass is 285 g/mol. The number of nitrogens with one attached hydrogen (secondary N) is 1. The molecule has 0 fully saturated rings. The largest absolute Gasteiger partial charge is 0.487 e. The number of pyridine rings is 1. The Morgan fingerprint density at radius 3 is 2.52 bits per heavy atom. The Morgan fingerprint density at radius 1 is 1.14 bits per heavy atom. The van der Waals surface area contributed by atoms with E-state index in [9.17, 15) is 0 Å². The Bertz CT molecular complexity index is 552. The molecule has 0 amide bonds. The van der Waals surface area contributed by atoms with Gasteiger partial charge in [0.25, 0.3) is 0 Å². The molecule has 0 saturated heterocycles. The maximum Gasteiger partial charge on any atom is 0.169 e. The topological polar surface area (TPSA) is 60.2 Å². The van der Waals surface area contributed by atoms with E-state index in [-0.39, 0.29) is 6.10 Å². The first-order valence-corrected chi connectivity index (χ1v) is 7.32. The molecule has 0 saturated carbocycles. The van der Waals surface area contributed by atoms with Crippen molar-refractivity contribution in [3.63, 3.8) is 0 Å². The second-order valence-electron chi connectivity index (χ2n) is 5.23. The first-order chi connectivity index (χ1) is 10.2.